The van der Waals surface area contributed by atoms with E-state index in [4.69, 9.17) is 10.5 Å². The van der Waals surface area contributed by atoms with Gasteiger partial charge in [-0.15, -0.1) is 0 Å². The molecule has 92 valence electrons. The van der Waals surface area contributed by atoms with E-state index >= 15 is 0 Å². The maximum absolute atomic E-state index is 5.83. The van der Waals surface area contributed by atoms with Crippen LogP contribution in [0.2, 0.25) is 0 Å². The molecule has 0 bridgehead atoms. The number of ether oxygens (including phenoxy) is 1. The third-order valence-corrected chi connectivity index (χ3v) is 3.08. The van der Waals surface area contributed by atoms with Crippen LogP contribution in [0.25, 0.3) is 0 Å². The molecular formula is C13H19N3O. The van der Waals surface area contributed by atoms with Crippen LogP contribution < -0.4 is 11.1 Å². The molecule has 0 amide bonds. The molecule has 4 heteroatoms. The average Bonchev–Trinajstić information content (AvgIpc) is 2.74. The lowest BCUT2D eigenvalue weighted by Crippen LogP contribution is -2.25. The number of hydrogen-bond acceptors (Lipinski definition) is 2. The number of hydrogen-bond donors (Lipinski definition) is 2. The van der Waals surface area contributed by atoms with Gasteiger partial charge in [-0.1, -0.05) is 18.2 Å². The van der Waals surface area contributed by atoms with Gasteiger partial charge >= 0.3 is 0 Å². The fourth-order valence-electron chi connectivity index (χ4n) is 1.94. The highest BCUT2D eigenvalue weighted by Crippen LogP contribution is 2.20. The summed E-state index contributed by atoms with van der Waals surface area (Å²) in [5.74, 6) is 0.960. The predicted molar refractivity (Wildman–Crippen MR) is 70.1 cm³/mol. The first-order valence-electron chi connectivity index (χ1n) is 5.99. The average molecular weight is 233 g/mol. The highest BCUT2D eigenvalue weighted by molar-refractivity contribution is 5.92. The van der Waals surface area contributed by atoms with Crippen LogP contribution in [0, 0.1) is 5.92 Å². The fraction of sp³-hybridized carbons (Fsp3) is 0.462. The molecule has 2 rings (SSSR count). The summed E-state index contributed by atoms with van der Waals surface area (Å²) in [6, 6.07) is 9.81. The van der Waals surface area contributed by atoms with Gasteiger partial charge < -0.3 is 15.8 Å². The first kappa shape index (κ1) is 11.9. The lowest BCUT2D eigenvalue weighted by molar-refractivity contribution is 0.107. The van der Waals surface area contributed by atoms with Crippen LogP contribution in [0.5, 0.6) is 0 Å². The van der Waals surface area contributed by atoms with Crippen LogP contribution in [0.4, 0.5) is 5.69 Å². The van der Waals surface area contributed by atoms with E-state index in [1.54, 1.807) is 0 Å². The summed E-state index contributed by atoms with van der Waals surface area (Å²) in [5, 5.41) is 3.07. The molecule has 2 unspecified atom stereocenters. The quantitative estimate of drug-likeness (QED) is 0.618. The van der Waals surface area contributed by atoms with Gasteiger partial charge in [-0.2, -0.15) is 0 Å². The minimum Gasteiger partial charge on any atom is -0.378 e. The minimum absolute atomic E-state index is 0.295. The van der Waals surface area contributed by atoms with Gasteiger partial charge in [0, 0.05) is 24.8 Å². The Morgan fingerprint density at radius 2 is 2.24 bits per heavy atom. The van der Waals surface area contributed by atoms with E-state index in [-0.39, 0.29) is 0 Å². The Kier molecular flexibility index (Phi) is 3.98. The van der Waals surface area contributed by atoms with E-state index in [1.165, 1.54) is 0 Å². The zero-order chi connectivity index (χ0) is 12.1. The normalized spacial score (nSPS) is 24.9. The van der Waals surface area contributed by atoms with Crippen molar-refractivity contribution in [3.63, 3.8) is 0 Å². The van der Waals surface area contributed by atoms with Gasteiger partial charge in [-0.25, -0.2) is 0 Å². The molecule has 0 aromatic heterocycles. The summed E-state index contributed by atoms with van der Waals surface area (Å²) in [4.78, 5) is 4.36. The zero-order valence-corrected chi connectivity index (χ0v) is 10.1. The first-order valence-corrected chi connectivity index (χ1v) is 5.99. The van der Waals surface area contributed by atoms with Crippen molar-refractivity contribution in [2.45, 2.75) is 19.4 Å². The summed E-state index contributed by atoms with van der Waals surface area (Å²) in [7, 11) is 0. The molecule has 0 radical (unpaired) electrons. The first-order chi connectivity index (χ1) is 8.25. The molecule has 1 aliphatic rings. The molecule has 1 aromatic carbocycles. The maximum Gasteiger partial charge on any atom is 0.193 e. The highest BCUT2D eigenvalue weighted by atomic mass is 16.5. The molecule has 0 saturated carbocycles. The van der Waals surface area contributed by atoms with Crippen LogP contribution in [-0.2, 0) is 4.74 Å². The van der Waals surface area contributed by atoms with Crippen LogP contribution in [0.1, 0.15) is 13.3 Å². The van der Waals surface area contributed by atoms with Crippen molar-refractivity contribution in [1.29, 1.82) is 0 Å². The van der Waals surface area contributed by atoms with Crippen LogP contribution in [-0.4, -0.2) is 25.2 Å². The van der Waals surface area contributed by atoms with Gasteiger partial charge in [-0.05, 0) is 25.5 Å². The van der Waals surface area contributed by atoms with Crippen molar-refractivity contribution in [2.24, 2.45) is 16.6 Å². The summed E-state index contributed by atoms with van der Waals surface area (Å²) < 4.78 is 5.49. The van der Waals surface area contributed by atoms with Crippen molar-refractivity contribution >= 4 is 11.6 Å². The lowest BCUT2D eigenvalue weighted by atomic mass is 10.0. The third kappa shape index (κ3) is 3.46. The Hall–Kier alpha value is -1.55. The van der Waals surface area contributed by atoms with Crippen molar-refractivity contribution in [3.05, 3.63) is 30.3 Å². The van der Waals surface area contributed by atoms with Gasteiger partial charge in [0.1, 0.15) is 0 Å². The van der Waals surface area contributed by atoms with Gasteiger partial charge in [0.2, 0.25) is 0 Å². The highest BCUT2D eigenvalue weighted by Gasteiger charge is 2.23. The molecule has 1 aliphatic heterocycles. The summed E-state index contributed by atoms with van der Waals surface area (Å²) in [5.41, 5.74) is 6.79. The number of nitrogens with two attached hydrogens (primary N) is 1. The zero-order valence-electron chi connectivity index (χ0n) is 10.1. The van der Waals surface area contributed by atoms with Gasteiger partial charge in [0.25, 0.3) is 0 Å². The van der Waals surface area contributed by atoms with E-state index < -0.39 is 0 Å². The van der Waals surface area contributed by atoms with Crippen molar-refractivity contribution in [1.82, 2.24) is 0 Å². The maximum atomic E-state index is 5.83. The Bertz CT molecular complexity index is 378. The monoisotopic (exact) mass is 233 g/mol. The summed E-state index contributed by atoms with van der Waals surface area (Å²) >= 11 is 0. The predicted octanol–water partition coefficient (Wildman–Crippen LogP) is 1.84. The molecule has 0 spiro atoms. The summed E-state index contributed by atoms with van der Waals surface area (Å²) in [6.07, 6.45) is 1.37. The molecule has 1 fully saturated rings. The SMILES string of the molecule is CC1OCCC1CN=C(N)Nc1ccccc1. The molecule has 1 heterocycles. The number of guanidine groups is 1. The molecule has 4 nitrogen and oxygen atoms in total. The number of nitrogens with zero attached hydrogens (tertiary/aromatic N) is 1. The minimum atomic E-state index is 0.295. The Labute approximate surface area is 102 Å². The third-order valence-electron chi connectivity index (χ3n) is 3.08. The number of para-hydroxylation sites is 1. The van der Waals surface area contributed by atoms with Crippen LogP contribution >= 0.6 is 0 Å². The Balaban J connectivity index is 1.85. The molecular weight excluding hydrogens is 214 g/mol. The molecule has 0 aliphatic carbocycles. The lowest BCUT2D eigenvalue weighted by Gasteiger charge is -2.11. The van der Waals surface area contributed by atoms with Gasteiger partial charge in [0.05, 0.1) is 6.10 Å². The van der Waals surface area contributed by atoms with Crippen LogP contribution in [0.15, 0.2) is 35.3 Å². The smallest absolute Gasteiger partial charge is 0.193 e. The second-order valence-corrected chi connectivity index (χ2v) is 4.34. The topological polar surface area (TPSA) is 59.6 Å². The molecule has 3 N–H and O–H groups in total. The number of anilines is 1. The largest absolute Gasteiger partial charge is 0.378 e. The van der Waals surface area contributed by atoms with E-state index in [0.717, 1.165) is 25.3 Å². The fourth-order valence-corrected chi connectivity index (χ4v) is 1.94. The second-order valence-electron chi connectivity index (χ2n) is 4.34. The number of rotatable bonds is 3. The van der Waals surface area contributed by atoms with Crippen molar-refractivity contribution < 1.29 is 4.74 Å². The van der Waals surface area contributed by atoms with E-state index in [0.29, 0.717) is 18.0 Å². The Morgan fingerprint density at radius 3 is 2.88 bits per heavy atom. The summed E-state index contributed by atoms with van der Waals surface area (Å²) in [6.45, 7) is 3.66. The van der Waals surface area contributed by atoms with E-state index in [9.17, 15) is 0 Å². The van der Waals surface area contributed by atoms with E-state index in [2.05, 4.69) is 17.2 Å². The Morgan fingerprint density at radius 1 is 1.47 bits per heavy atom. The molecule has 1 saturated heterocycles. The molecule has 17 heavy (non-hydrogen) atoms. The molecule has 2 atom stereocenters. The standard InChI is InChI=1S/C13H19N3O/c1-10-11(7-8-17-10)9-15-13(14)16-12-5-3-2-4-6-12/h2-6,10-11H,7-9H2,1H3,(H3,14,15,16). The molecule has 1 aromatic rings. The van der Waals surface area contributed by atoms with Crippen molar-refractivity contribution in [3.8, 4) is 0 Å². The second kappa shape index (κ2) is 5.68. The van der Waals surface area contributed by atoms with Gasteiger partial charge in [-0.3, -0.25) is 4.99 Å². The number of benzene rings is 1. The number of aliphatic imine (C=N–C) groups is 1. The van der Waals surface area contributed by atoms with Crippen molar-refractivity contribution in [2.75, 3.05) is 18.5 Å². The van der Waals surface area contributed by atoms with Gasteiger partial charge in [0.15, 0.2) is 5.96 Å². The van der Waals surface area contributed by atoms with Crippen LogP contribution in [0.3, 0.4) is 0 Å². The number of nitrogens with one attached hydrogen (secondary N) is 1. The van der Waals surface area contributed by atoms with E-state index in [1.807, 2.05) is 30.3 Å².